The van der Waals surface area contributed by atoms with Crippen molar-refractivity contribution in [2.75, 3.05) is 34.0 Å². The third-order valence-corrected chi connectivity index (χ3v) is 11.4. The monoisotopic (exact) mass is 900 g/mol. The SMILES string of the molecule is CCCCCCCC(=O)O[C@H]1/C(=C/C(=O)OC)CC(C[C@H](OCc2ccc(OC)cc2)[C@H](C)OCc2ccccc2)O[C@@]1(O)C(C)(C)CCC(=O)OCCCOCC[C@@H](O)CC(=O)O. The molecule has 3 N–H and O–H groups in total. The number of aliphatic hydroxyl groups excluding tert-OH is 1. The first-order valence-corrected chi connectivity index (χ1v) is 22.5. The lowest BCUT2D eigenvalue weighted by Gasteiger charge is -2.52. The summed E-state index contributed by atoms with van der Waals surface area (Å²) in [5.41, 5.74) is 0.885. The highest BCUT2D eigenvalue weighted by Crippen LogP contribution is 2.48. The minimum Gasteiger partial charge on any atom is -0.497 e. The Bertz CT molecular complexity index is 1710. The van der Waals surface area contributed by atoms with Crippen molar-refractivity contribution < 1.29 is 72.4 Å². The van der Waals surface area contributed by atoms with Crippen molar-refractivity contribution >= 4 is 23.9 Å². The average Bonchev–Trinajstić information content (AvgIpc) is 3.27. The fraction of sp³-hybridized carbons (Fsp3) is 0.633. The first-order valence-electron chi connectivity index (χ1n) is 22.5. The Labute approximate surface area is 378 Å². The molecule has 1 saturated heterocycles. The molecule has 2 aromatic carbocycles. The molecule has 1 aliphatic heterocycles. The van der Waals surface area contributed by atoms with Gasteiger partial charge in [-0.15, -0.1) is 0 Å². The van der Waals surface area contributed by atoms with Crippen molar-refractivity contribution in [1.29, 1.82) is 0 Å². The molecule has 15 nitrogen and oxygen atoms in total. The standard InChI is InChI=1S/C49H72O15/c1-7-8-9-10-14-18-45(54)63-47-38(30-46(55)58-6)29-41(32-42(35(2)61-33-36-16-12-11-13-17-36)62-34-37-19-21-40(57-5)22-20-37)64-49(47,56)48(3,4)25-23-44(53)60-27-15-26-59-28-24-39(50)31-43(51)52/h11-13,16-17,19-22,30,35,39,41-42,47,50,56H,7-10,14-15,18,23-29,31-34H2,1-6H3,(H,51,52)/b38-30+/t35-,39+,41?,42-,47-,49+/m0/s1. The van der Waals surface area contributed by atoms with Gasteiger partial charge in [-0.1, -0.05) is 88.9 Å². The normalized spacial score (nSPS) is 19.7. The minimum absolute atomic E-state index is 0.0393. The number of aliphatic hydroxyl groups is 2. The highest BCUT2D eigenvalue weighted by atomic mass is 16.7. The number of unbranched alkanes of at least 4 members (excludes halogenated alkanes) is 4. The van der Waals surface area contributed by atoms with Gasteiger partial charge < -0.3 is 53.2 Å². The van der Waals surface area contributed by atoms with Crippen molar-refractivity contribution in [2.45, 2.75) is 161 Å². The molecule has 3 rings (SSSR count). The first kappa shape index (κ1) is 54.0. The number of hydrogen-bond donors (Lipinski definition) is 3. The summed E-state index contributed by atoms with van der Waals surface area (Å²) in [6.45, 7) is 8.41. The fourth-order valence-corrected chi connectivity index (χ4v) is 7.31. The van der Waals surface area contributed by atoms with E-state index in [9.17, 15) is 29.4 Å². The molecule has 0 aromatic heterocycles. The summed E-state index contributed by atoms with van der Waals surface area (Å²) in [4.78, 5) is 50.3. The van der Waals surface area contributed by atoms with Gasteiger partial charge >= 0.3 is 23.9 Å². The topological polar surface area (TPSA) is 203 Å². The van der Waals surface area contributed by atoms with Crippen molar-refractivity contribution in [3.05, 3.63) is 77.4 Å². The second-order valence-electron chi connectivity index (χ2n) is 17.0. The number of carbonyl (C=O) groups is 4. The second kappa shape index (κ2) is 28.5. The number of carbonyl (C=O) groups excluding carboxylic acids is 3. The number of benzene rings is 2. The van der Waals surface area contributed by atoms with E-state index < -0.39 is 65.6 Å². The van der Waals surface area contributed by atoms with Crippen LogP contribution in [0.2, 0.25) is 0 Å². The van der Waals surface area contributed by atoms with Crippen molar-refractivity contribution in [3.8, 4) is 5.75 Å². The van der Waals surface area contributed by atoms with Crippen LogP contribution in [0.5, 0.6) is 5.75 Å². The van der Waals surface area contributed by atoms with Crippen LogP contribution in [-0.4, -0.2) is 110 Å². The van der Waals surface area contributed by atoms with Gasteiger partial charge in [0.15, 0.2) is 6.10 Å². The Morgan fingerprint density at radius 1 is 0.875 bits per heavy atom. The molecule has 0 aliphatic carbocycles. The van der Waals surface area contributed by atoms with E-state index in [0.29, 0.717) is 30.8 Å². The summed E-state index contributed by atoms with van der Waals surface area (Å²) in [5.74, 6) is -4.44. The van der Waals surface area contributed by atoms with Crippen LogP contribution < -0.4 is 4.74 Å². The number of methoxy groups -OCH3 is 2. The van der Waals surface area contributed by atoms with Crippen LogP contribution in [-0.2, 0) is 65.5 Å². The molecular formula is C49H72O15. The summed E-state index contributed by atoms with van der Waals surface area (Å²) in [6, 6.07) is 17.2. The van der Waals surface area contributed by atoms with Gasteiger partial charge in [0.25, 0.3) is 0 Å². The molecular weight excluding hydrogens is 829 g/mol. The van der Waals surface area contributed by atoms with E-state index in [1.807, 2.05) is 61.5 Å². The fourth-order valence-electron chi connectivity index (χ4n) is 7.31. The molecule has 6 atom stereocenters. The summed E-state index contributed by atoms with van der Waals surface area (Å²) >= 11 is 0. The van der Waals surface area contributed by atoms with Gasteiger partial charge in [0.2, 0.25) is 5.79 Å². The molecule has 0 amide bonds. The number of carboxylic acid groups (broad SMARTS) is 1. The van der Waals surface area contributed by atoms with Crippen LogP contribution in [0.1, 0.15) is 122 Å². The number of carboxylic acids is 1. The third-order valence-electron chi connectivity index (χ3n) is 11.4. The zero-order valence-corrected chi connectivity index (χ0v) is 38.6. The van der Waals surface area contributed by atoms with E-state index >= 15 is 0 Å². The highest BCUT2D eigenvalue weighted by molar-refractivity contribution is 5.83. The van der Waals surface area contributed by atoms with E-state index in [4.69, 9.17) is 43.0 Å². The van der Waals surface area contributed by atoms with Crippen LogP contribution in [0.4, 0.5) is 0 Å². The van der Waals surface area contributed by atoms with Gasteiger partial charge in [-0.2, -0.15) is 0 Å². The lowest BCUT2D eigenvalue weighted by molar-refractivity contribution is -0.338. The van der Waals surface area contributed by atoms with E-state index in [-0.39, 0.29) is 71.4 Å². The third kappa shape index (κ3) is 19.0. The van der Waals surface area contributed by atoms with Crippen molar-refractivity contribution in [2.24, 2.45) is 5.41 Å². The smallest absolute Gasteiger partial charge is 0.330 e. The maximum Gasteiger partial charge on any atom is 0.330 e. The molecule has 1 unspecified atom stereocenters. The molecule has 358 valence electrons. The van der Waals surface area contributed by atoms with E-state index in [2.05, 4.69) is 6.92 Å². The van der Waals surface area contributed by atoms with E-state index in [0.717, 1.165) is 36.8 Å². The zero-order valence-electron chi connectivity index (χ0n) is 38.6. The zero-order chi connectivity index (χ0) is 47.0. The average molecular weight is 901 g/mol. The predicted molar refractivity (Wildman–Crippen MR) is 237 cm³/mol. The summed E-state index contributed by atoms with van der Waals surface area (Å²) in [7, 11) is 2.84. The Morgan fingerprint density at radius 2 is 1.56 bits per heavy atom. The molecule has 1 fully saturated rings. The molecule has 1 heterocycles. The number of rotatable bonds is 31. The highest BCUT2D eigenvalue weighted by Gasteiger charge is 2.58. The van der Waals surface area contributed by atoms with Crippen LogP contribution in [0, 0.1) is 5.41 Å². The van der Waals surface area contributed by atoms with Crippen LogP contribution >= 0.6 is 0 Å². The molecule has 1 aliphatic rings. The summed E-state index contributed by atoms with van der Waals surface area (Å²) in [6.07, 6.45) is 1.91. The number of aliphatic carboxylic acids is 1. The lowest BCUT2D eigenvalue weighted by atomic mass is 9.72. The maximum absolute atomic E-state index is 13.5. The Morgan fingerprint density at radius 3 is 2.23 bits per heavy atom. The van der Waals surface area contributed by atoms with Crippen LogP contribution in [0.3, 0.4) is 0 Å². The van der Waals surface area contributed by atoms with Crippen LogP contribution in [0.15, 0.2) is 66.2 Å². The maximum atomic E-state index is 13.5. The molecule has 15 heteroatoms. The van der Waals surface area contributed by atoms with E-state index in [1.54, 1.807) is 21.0 Å². The molecule has 2 aromatic rings. The van der Waals surface area contributed by atoms with Gasteiger partial charge in [-0.3, -0.25) is 14.4 Å². The van der Waals surface area contributed by atoms with Gasteiger partial charge in [-0.05, 0) is 61.4 Å². The van der Waals surface area contributed by atoms with Crippen molar-refractivity contribution in [1.82, 2.24) is 0 Å². The first-order chi connectivity index (χ1) is 30.6. The molecule has 0 saturated carbocycles. The number of ether oxygens (including phenoxy) is 8. The van der Waals surface area contributed by atoms with Gasteiger partial charge in [-0.25, -0.2) is 4.79 Å². The Hall–Kier alpha value is -4.38. The van der Waals surface area contributed by atoms with Gasteiger partial charge in [0.1, 0.15) is 5.75 Å². The predicted octanol–water partition coefficient (Wildman–Crippen LogP) is 7.41. The number of esters is 3. The van der Waals surface area contributed by atoms with Gasteiger partial charge in [0, 0.05) is 50.4 Å². The number of hydrogen-bond acceptors (Lipinski definition) is 14. The lowest BCUT2D eigenvalue weighted by Crippen LogP contribution is -2.62. The van der Waals surface area contributed by atoms with Crippen LogP contribution in [0.25, 0.3) is 0 Å². The quantitative estimate of drug-likeness (QED) is 0.0292. The van der Waals surface area contributed by atoms with Gasteiger partial charge in [0.05, 0.1) is 64.9 Å². The Balaban J connectivity index is 1.86. The molecule has 0 spiro atoms. The Kier molecular flexibility index (Phi) is 24.0. The summed E-state index contributed by atoms with van der Waals surface area (Å²) < 4.78 is 47.0. The molecule has 64 heavy (non-hydrogen) atoms. The summed E-state index contributed by atoms with van der Waals surface area (Å²) in [5, 5.41) is 31.4. The second-order valence-corrected chi connectivity index (χ2v) is 17.0. The van der Waals surface area contributed by atoms with Crippen molar-refractivity contribution in [3.63, 3.8) is 0 Å². The largest absolute Gasteiger partial charge is 0.497 e. The molecule has 0 radical (unpaired) electrons. The molecule has 0 bridgehead atoms. The van der Waals surface area contributed by atoms with E-state index in [1.165, 1.54) is 13.2 Å². The minimum atomic E-state index is -2.25.